The number of nitrogens with zero attached hydrogens (tertiary/aromatic N) is 3. The fourth-order valence-corrected chi connectivity index (χ4v) is 0.758. The fourth-order valence-electron chi connectivity index (χ4n) is 0.660. The van der Waals surface area contributed by atoms with Gasteiger partial charge in [0.15, 0.2) is 0 Å². The smallest absolute Gasteiger partial charge is 0.146 e. The maximum Gasteiger partial charge on any atom is 0.146 e. The highest BCUT2D eigenvalue weighted by Crippen LogP contribution is 1.99. The summed E-state index contributed by atoms with van der Waals surface area (Å²) in [5.74, 6) is 0.189. The maximum absolute atomic E-state index is 8.42. The first-order valence-electron chi connectivity index (χ1n) is 3.09. The van der Waals surface area contributed by atoms with Crippen LogP contribution in [-0.2, 0) is 0 Å². The van der Waals surface area contributed by atoms with E-state index >= 15 is 0 Å². The predicted molar refractivity (Wildman–Crippen MR) is 45.5 cm³/mol. The van der Waals surface area contributed by atoms with Crippen LogP contribution in [0.4, 0.5) is 0 Å². The van der Waals surface area contributed by atoms with Crippen molar-refractivity contribution in [1.29, 1.82) is 5.26 Å². The molecule has 1 heterocycles. The molecule has 0 saturated heterocycles. The summed E-state index contributed by atoms with van der Waals surface area (Å²) in [6, 6.07) is 5.06. The lowest BCUT2D eigenvalue weighted by atomic mass is 10.2. The van der Waals surface area contributed by atoms with Gasteiger partial charge in [-0.2, -0.15) is 9.77 Å². The molecule has 0 aliphatic heterocycles. The van der Waals surface area contributed by atoms with E-state index in [-0.39, 0.29) is 5.84 Å². The molecule has 0 radical (unpaired) electrons. The van der Waals surface area contributed by atoms with Crippen LogP contribution in [0.2, 0.25) is 0 Å². The van der Waals surface area contributed by atoms with Crippen LogP contribution in [0.25, 0.3) is 0 Å². The third-order valence-electron chi connectivity index (χ3n) is 1.26. The van der Waals surface area contributed by atoms with Crippen molar-refractivity contribution in [2.24, 2.45) is 10.2 Å². The normalized spacial score (nSPS) is 10.8. The van der Waals surface area contributed by atoms with Gasteiger partial charge in [0.1, 0.15) is 17.6 Å². The summed E-state index contributed by atoms with van der Waals surface area (Å²) < 4.78 is 3.26. The van der Waals surface area contributed by atoms with Gasteiger partial charge in [-0.3, -0.25) is 0 Å². The predicted octanol–water partition coefficient (Wildman–Crippen LogP) is 0.812. The summed E-state index contributed by atoms with van der Waals surface area (Å²) in [7, 11) is 0. The second-order valence-electron chi connectivity index (χ2n) is 2.01. The first-order chi connectivity index (χ1) is 5.77. The average molecular weight is 181 g/mol. The number of halogens is 1. The van der Waals surface area contributed by atoms with E-state index in [2.05, 4.69) is 9.50 Å². The molecular formula is C7H5ClN4. The van der Waals surface area contributed by atoms with Crippen LogP contribution in [0.15, 0.2) is 22.8 Å². The Labute approximate surface area is 74.4 Å². The molecule has 2 N–H and O–H groups in total. The van der Waals surface area contributed by atoms with E-state index in [9.17, 15) is 0 Å². The molecule has 4 nitrogen and oxygen atoms in total. The fraction of sp³-hybridized carbons (Fsp3) is 0. The zero-order valence-electron chi connectivity index (χ0n) is 6.03. The Morgan fingerprint density at radius 2 is 2.42 bits per heavy atom. The SMILES string of the molecule is N#Cc1ccc(C(N)=NCl)cn1. The standard InChI is InChI=1S/C7H5ClN4/c8-12-7(10)5-1-2-6(3-9)11-4-5/h1-2,4H,(H2,10,12). The number of nitrogens with two attached hydrogens (primary N) is 1. The monoisotopic (exact) mass is 180 g/mol. The molecule has 0 aromatic carbocycles. The average Bonchev–Trinajstić information content (AvgIpc) is 2.17. The van der Waals surface area contributed by atoms with Crippen LogP contribution < -0.4 is 5.73 Å². The van der Waals surface area contributed by atoms with Crippen LogP contribution in [0.3, 0.4) is 0 Å². The molecule has 0 aliphatic carbocycles. The zero-order chi connectivity index (χ0) is 8.97. The summed E-state index contributed by atoms with van der Waals surface area (Å²) in [6.45, 7) is 0. The van der Waals surface area contributed by atoms with Gasteiger partial charge >= 0.3 is 0 Å². The van der Waals surface area contributed by atoms with Crippen LogP contribution in [0.1, 0.15) is 11.3 Å². The zero-order valence-corrected chi connectivity index (χ0v) is 6.78. The number of nitriles is 1. The van der Waals surface area contributed by atoms with E-state index in [1.807, 2.05) is 6.07 Å². The number of hydrogen-bond acceptors (Lipinski definition) is 3. The molecule has 0 bridgehead atoms. The van der Waals surface area contributed by atoms with E-state index in [1.165, 1.54) is 6.20 Å². The summed E-state index contributed by atoms with van der Waals surface area (Å²) in [4.78, 5) is 3.79. The Kier molecular flexibility index (Phi) is 2.62. The quantitative estimate of drug-likeness (QED) is 0.513. The molecule has 1 rings (SSSR count). The largest absolute Gasteiger partial charge is 0.382 e. The van der Waals surface area contributed by atoms with Gasteiger partial charge in [-0.15, -0.1) is 0 Å². The van der Waals surface area contributed by atoms with Gasteiger partial charge < -0.3 is 5.73 Å². The van der Waals surface area contributed by atoms with E-state index in [0.717, 1.165) is 0 Å². The molecule has 0 spiro atoms. The third-order valence-corrected chi connectivity index (χ3v) is 1.45. The van der Waals surface area contributed by atoms with Crippen molar-refractivity contribution in [2.75, 3.05) is 0 Å². The highest BCUT2D eigenvalue weighted by atomic mass is 35.5. The Morgan fingerprint density at radius 1 is 1.67 bits per heavy atom. The molecule has 0 atom stereocenters. The minimum absolute atomic E-state index is 0.189. The van der Waals surface area contributed by atoms with Crippen molar-refractivity contribution in [2.45, 2.75) is 0 Å². The molecule has 0 amide bonds. The molecule has 0 unspecified atom stereocenters. The number of rotatable bonds is 1. The first kappa shape index (κ1) is 8.50. The summed E-state index contributed by atoms with van der Waals surface area (Å²) in [6.07, 6.45) is 1.44. The van der Waals surface area contributed by atoms with Crippen molar-refractivity contribution in [3.8, 4) is 6.07 Å². The molecule has 60 valence electrons. The number of aromatic nitrogens is 1. The van der Waals surface area contributed by atoms with Gasteiger partial charge in [0.05, 0.1) is 0 Å². The molecule has 0 fully saturated rings. The van der Waals surface area contributed by atoms with E-state index in [4.69, 9.17) is 22.8 Å². The number of hydrogen-bond donors (Lipinski definition) is 1. The summed E-state index contributed by atoms with van der Waals surface area (Å²) in [5.41, 5.74) is 6.32. The minimum Gasteiger partial charge on any atom is -0.382 e. The lowest BCUT2D eigenvalue weighted by Crippen LogP contribution is -2.12. The number of pyridine rings is 1. The first-order valence-corrected chi connectivity index (χ1v) is 3.42. The molecule has 12 heavy (non-hydrogen) atoms. The van der Waals surface area contributed by atoms with Crippen molar-refractivity contribution in [3.63, 3.8) is 0 Å². The molecule has 0 aliphatic rings. The van der Waals surface area contributed by atoms with Crippen molar-refractivity contribution < 1.29 is 0 Å². The Morgan fingerprint density at radius 3 is 2.83 bits per heavy atom. The summed E-state index contributed by atoms with van der Waals surface area (Å²) >= 11 is 5.13. The van der Waals surface area contributed by atoms with Crippen LogP contribution in [0.5, 0.6) is 0 Å². The van der Waals surface area contributed by atoms with Gasteiger partial charge in [0.25, 0.3) is 0 Å². The molecule has 0 saturated carbocycles. The van der Waals surface area contributed by atoms with Crippen LogP contribution in [0, 0.1) is 11.3 Å². The third kappa shape index (κ3) is 1.71. The van der Waals surface area contributed by atoms with Gasteiger partial charge in [-0.05, 0) is 12.1 Å². The minimum atomic E-state index is 0.189. The van der Waals surface area contributed by atoms with E-state index in [0.29, 0.717) is 11.3 Å². The maximum atomic E-state index is 8.42. The lowest BCUT2D eigenvalue weighted by Gasteiger charge is -1.95. The van der Waals surface area contributed by atoms with Crippen molar-refractivity contribution >= 4 is 17.6 Å². The molecular weight excluding hydrogens is 176 g/mol. The Balaban J connectivity index is 3.02. The lowest BCUT2D eigenvalue weighted by molar-refractivity contribution is 1.25. The summed E-state index contributed by atoms with van der Waals surface area (Å²) in [5, 5.41) is 8.42. The molecule has 5 heteroatoms. The van der Waals surface area contributed by atoms with Crippen molar-refractivity contribution in [1.82, 2.24) is 4.98 Å². The second-order valence-corrected chi connectivity index (χ2v) is 2.18. The van der Waals surface area contributed by atoms with Crippen LogP contribution in [-0.4, -0.2) is 10.8 Å². The van der Waals surface area contributed by atoms with Gasteiger partial charge in [0, 0.05) is 23.5 Å². The van der Waals surface area contributed by atoms with Gasteiger partial charge in [-0.25, -0.2) is 4.98 Å². The Bertz CT molecular complexity index is 335. The van der Waals surface area contributed by atoms with Crippen molar-refractivity contribution in [3.05, 3.63) is 29.6 Å². The highest BCUT2D eigenvalue weighted by molar-refractivity contribution is 6.21. The van der Waals surface area contributed by atoms with Crippen LogP contribution >= 0.6 is 11.8 Å². The highest BCUT2D eigenvalue weighted by Gasteiger charge is 1.97. The van der Waals surface area contributed by atoms with Gasteiger partial charge in [0.2, 0.25) is 0 Å². The van der Waals surface area contributed by atoms with E-state index < -0.39 is 0 Å². The molecule has 1 aromatic heterocycles. The second kappa shape index (κ2) is 3.69. The number of amidine groups is 1. The molecule has 1 aromatic rings. The topological polar surface area (TPSA) is 75.1 Å². The van der Waals surface area contributed by atoms with Gasteiger partial charge in [-0.1, -0.05) is 0 Å². The Hall–Kier alpha value is -1.60. The van der Waals surface area contributed by atoms with E-state index in [1.54, 1.807) is 12.1 Å².